The Labute approximate surface area is 149 Å². The number of rotatable bonds is 7. The van der Waals surface area contributed by atoms with E-state index in [4.69, 9.17) is 4.52 Å². The van der Waals surface area contributed by atoms with Crippen LogP contribution in [-0.4, -0.2) is 33.4 Å². The molecule has 0 bridgehead atoms. The van der Waals surface area contributed by atoms with Gasteiger partial charge in [-0.1, -0.05) is 43.5 Å². The Hall–Kier alpha value is -1.85. The van der Waals surface area contributed by atoms with Crippen molar-refractivity contribution in [1.82, 2.24) is 10.1 Å². The lowest BCUT2D eigenvalue weighted by atomic mass is 9.87. The van der Waals surface area contributed by atoms with Crippen LogP contribution >= 0.6 is 0 Å². The highest BCUT2D eigenvalue weighted by molar-refractivity contribution is 5.28. The Bertz CT molecular complexity index is 664. The highest BCUT2D eigenvalue weighted by atomic mass is 16.5. The zero-order valence-corrected chi connectivity index (χ0v) is 14.9. The number of aromatic hydroxyl groups is 1. The first-order valence-electron chi connectivity index (χ1n) is 9.30. The molecule has 5 heteroatoms. The van der Waals surface area contributed by atoms with Gasteiger partial charge in [0.2, 0.25) is 0 Å². The predicted octanol–water partition coefficient (Wildman–Crippen LogP) is 3.98. The Morgan fingerprint density at radius 2 is 2.04 bits per heavy atom. The predicted molar refractivity (Wildman–Crippen MR) is 96.3 cm³/mol. The number of nitrogens with zero attached hydrogens (tertiary/aromatic N) is 2. The summed E-state index contributed by atoms with van der Waals surface area (Å²) in [7, 11) is 0. The summed E-state index contributed by atoms with van der Waals surface area (Å²) in [6.45, 7) is 3.98. The van der Waals surface area contributed by atoms with Crippen molar-refractivity contribution in [3.63, 3.8) is 0 Å². The Kier molecular flexibility index (Phi) is 6.10. The molecule has 1 aliphatic carbocycles. The van der Waals surface area contributed by atoms with Crippen molar-refractivity contribution in [3.05, 3.63) is 47.3 Å². The van der Waals surface area contributed by atoms with Gasteiger partial charge in [-0.25, -0.2) is 0 Å². The molecule has 0 spiro atoms. The first-order valence-corrected chi connectivity index (χ1v) is 9.30. The molecule has 0 unspecified atom stereocenters. The van der Waals surface area contributed by atoms with Crippen molar-refractivity contribution >= 4 is 0 Å². The van der Waals surface area contributed by atoms with E-state index < -0.39 is 6.10 Å². The third-order valence-corrected chi connectivity index (χ3v) is 5.11. The van der Waals surface area contributed by atoms with Gasteiger partial charge in [0.1, 0.15) is 5.75 Å². The second-order valence-electron chi connectivity index (χ2n) is 6.99. The first-order chi connectivity index (χ1) is 12.2. The van der Waals surface area contributed by atoms with Crippen molar-refractivity contribution in [2.75, 3.05) is 13.1 Å². The molecule has 1 aromatic carbocycles. The second kappa shape index (κ2) is 8.50. The molecule has 1 heterocycles. The molecule has 25 heavy (non-hydrogen) atoms. The van der Waals surface area contributed by atoms with E-state index in [-0.39, 0.29) is 5.75 Å². The summed E-state index contributed by atoms with van der Waals surface area (Å²) in [5, 5.41) is 24.3. The van der Waals surface area contributed by atoms with Crippen LogP contribution in [0.25, 0.3) is 0 Å². The van der Waals surface area contributed by atoms with E-state index in [0.717, 1.165) is 23.6 Å². The third kappa shape index (κ3) is 4.83. The van der Waals surface area contributed by atoms with Crippen LogP contribution in [0.5, 0.6) is 5.75 Å². The lowest BCUT2D eigenvalue weighted by molar-refractivity contribution is 0.106. The van der Waals surface area contributed by atoms with Gasteiger partial charge in [-0.3, -0.25) is 4.90 Å². The molecule has 1 atom stereocenters. The van der Waals surface area contributed by atoms with Gasteiger partial charge in [-0.2, -0.15) is 0 Å². The molecule has 1 aliphatic rings. The number of benzene rings is 1. The summed E-state index contributed by atoms with van der Waals surface area (Å²) in [6.07, 6.45) is 5.67. The number of aliphatic hydroxyl groups excluding tert-OH is 1. The summed E-state index contributed by atoms with van der Waals surface area (Å²) < 4.78 is 5.54. The molecular weight excluding hydrogens is 316 g/mol. The number of phenols is 1. The number of aromatic nitrogens is 1. The minimum atomic E-state index is -0.646. The molecule has 2 N–H and O–H groups in total. The van der Waals surface area contributed by atoms with E-state index in [0.29, 0.717) is 19.0 Å². The maximum absolute atomic E-state index is 10.4. The largest absolute Gasteiger partial charge is 0.508 e. The topological polar surface area (TPSA) is 69.7 Å². The van der Waals surface area contributed by atoms with Crippen LogP contribution in [0.2, 0.25) is 0 Å². The third-order valence-electron chi connectivity index (χ3n) is 5.11. The SMILES string of the molecule is CCN(Cc1cc(C2CCCCC2)no1)C[C@H](O)c1cccc(O)c1. The maximum Gasteiger partial charge on any atom is 0.150 e. The number of hydrogen-bond acceptors (Lipinski definition) is 5. The van der Waals surface area contributed by atoms with Crippen molar-refractivity contribution in [1.29, 1.82) is 0 Å². The molecule has 1 saturated carbocycles. The molecule has 1 aromatic heterocycles. The zero-order chi connectivity index (χ0) is 17.6. The smallest absolute Gasteiger partial charge is 0.150 e. The van der Waals surface area contributed by atoms with Crippen molar-refractivity contribution in [2.24, 2.45) is 0 Å². The average molecular weight is 344 g/mol. The fraction of sp³-hybridized carbons (Fsp3) is 0.550. The van der Waals surface area contributed by atoms with E-state index in [2.05, 4.69) is 23.0 Å². The van der Waals surface area contributed by atoms with Crippen molar-refractivity contribution < 1.29 is 14.7 Å². The van der Waals surface area contributed by atoms with Crippen LogP contribution in [0.15, 0.2) is 34.9 Å². The highest BCUT2D eigenvalue weighted by Gasteiger charge is 2.20. The Balaban J connectivity index is 1.59. The van der Waals surface area contributed by atoms with Crippen LogP contribution in [0.1, 0.15) is 68.1 Å². The van der Waals surface area contributed by atoms with Crippen LogP contribution in [0.4, 0.5) is 0 Å². The minimum absolute atomic E-state index is 0.173. The number of aliphatic hydroxyl groups is 1. The molecule has 0 amide bonds. The van der Waals surface area contributed by atoms with Gasteiger partial charge in [0.05, 0.1) is 18.3 Å². The number of phenolic OH excluding ortho intramolecular Hbond substituents is 1. The average Bonchev–Trinajstić information content (AvgIpc) is 3.10. The van der Waals surface area contributed by atoms with Gasteiger partial charge in [0, 0.05) is 18.5 Å². The van der Waals surface area contributed by atoms with E-state index in [1.165, 1.54) is 32.1 Å². The molecule has 0 saturated heterocycles. The molecular formula is C20H28N2O3. The van der Waals surface area contributed by atoms with Gasteiger partial charge in [0.15, 0.2) is 5.76 Å². The van der Waals surface area contributed by atoms with E-state index in [9.17, 15) is 10.2 Å². The molecule has 5 nitrogen and oxygen atoms in total. The number of hydrogen-bond donors (Lipinski definition) is 2. The van der Waals surface area contributed by atoms with E-state index in [1.807, 2.05) is 6.07 Å². The number of likely N-dealkylation sites (N-methyl/N-ethyl adjacent to an activating group) is 1. The lowest BCUT2D eigenvalue weighted by Gasteiger charge is -2.22. The van der Waals surface area contributed by atoms with Gasteiger partial charge in [0.25, 0.3) is 0 Å². The summed E-state index contributed by atoms with van der Waals surface area (Å²) in [5.74, 6) is 1.57. The van der Waals surface area contributed by atoms with Crippen LogP contribution in [0.3, 0.4) is 0 Å². The fourth-order valence-corrected chi connectivity index (χ4v) is 3.60. The quantitative estimate of drug-likeness (QED) is 0.795. The summed E-state index contributed by atoms with van der Waals surface area (Å²) in [5.41, 5.74) is 1.80. The molecule has 1 fully saturated rings. The zero-order valence-electron chi connectivity index (χ0n) is 14.9. The monoisotopic (exact) mass is 344 g/mol. The van der Waals surface area contributed by atoms with E-state index in [1.54, 1.807) is 18.2 Å². The lowest BCUT2D eigenvalue weighted by Crippen LogP contribution is -2.28. The van der Waals surface area contributed by atoms with Crippen LogP contribution < -0.4 is 0 Å². The van der Waals surface area contributed by atoms with Crippen molar-refractivity contribution in [3.8, 4) is 5.75 Å². The molecule has 2 aromatic rings. The standard InChI is InChI=1S/C20H28N2O3/c1-2-22(14-20(24)16-9-6-10-17(23)11-16)13-18-12-19(21-25-18)15-7-4-3-5-8-15/h6,9-12,15,20,23-24H,2-5,7-8,13-14H2,1H3/t20-/m0/s1. The van der Waals surface area contributed by atoms with Gasteiger partial charge < -0.3 is 14.7 Å². The summed E-state index contributed by atoms with van der Waals surface area (Å²) in [4.78, 5) is 2.12. The normalized spacial score (nSPS) is 17.1. The first kappa shape index (κ1) is 18.0. The molecule has 3 rings (SSSR count). The maximum atomic E-state index is 10.4. The summed E-state index contributed by atoms with van der Waals surface area (Å²) >= 11 is 0. The van der Waals surface area contributed by atoms with Gasteiger partial charge in [-0.05, 0) is 37.1 Å². The van der Waals surface area contributed by atoms with Gasteiger partial charge in [-0.15, -0.1) is 0 Å². The summed E-state index contributed by atoms with van der Waals surface area (Å²) in [6, 6.07) is 8.87. The minimum Gasteiger partial charge on any atom is -0.508 e. The Morgan fingerprint density at radius 1 is 1.24 bits per heavy atom. The Morgan fingerprint density at radius 3 is 2.76 bits per heavy atom. The van der Waals surface area contributed by atoms with Crippen molar-refractivity contribution in [2.45, 2.75) is 57.6 Å². The second-order valence-corrected chi connectivity index (χ2v) is 6.99. The molecule has 0 radical (unpaired) electrons. The molecule has 136 valence electrons. The van der Waals surface area contributed by atoms with E-state index >= 15 is 0 Å². The van der Waals surface area contributed by atoms with Gasteiger partial charge >= 0.3 is 0 Å². The van der Waals surface area contributed by atoms with Crippen LogP contribution in [0, 0.1) is 0 Å². The fourth-order valence-electron chi connectivity index (χ4n) is 3.60. The van der Waals surface area contributed by atoms with Crippen LogP contribution in [-0.2, 0) is 6.54 Å². The highest BCUT2D eigenvalue weighted by Crippen LogP contribution is 2.32. The molecule has 0 aliphatic heterocycles.